The summed E-state index contributed by atoms with van der Waals surface area (Å²) < 4.78 is 30.2. The van der Waals surface area contributed by atoms with Crippen LogP contribution in [0.25, 0.3) is 0 Å². The maximum absolute atomic E-state index is 13.4. The molecule has 0 spiro atoms. The van der Waals surface area contributed by atoms with Gasteiger partial charge in [0.25, 0.3) is 0 Å². The van der Waals surface area contributed by atoms with Gasteiger partial charge >= 0.3 is 0 Å². The van der Waals surface area contributed by atoms with Gasteiger partial charge in [-0.25, -0.2) is 0 Å². The number of amides is 4. The standard InChI is InChI=1S/C75H130N4O8S8/c1-7-13-19-40-76(36-14-8-2)72(80)32-57-91-63-50-87-47-45-85-49-62-90-54-21-42-78(38-16-10-4)75(83)34-59-94-66-69-25-23-68(24-26-69)31-56-88-53-20-41-77(37-15-9-3)74(82)35-60-95-67-71-29-27-70(28-30-71)65-93-55-22-43-79(39-17-11-5)73(81)33-58-92-64-51-86-46-44-84-48-61-89-52-18-12-6/h7,23-30H,1,8-22,31-67H2,2-6H3/i6D. The molecule has 95 heavy (non-hydrogen) atoms. The normalized spacial score (nSPS) is 11.5. The van der Waals surface area contributed by atoms with E-state index < -0.39 is 0 Å². The van der Waals surface area contributed by atoms with Crippen LogP contribution in [0.4, 0.5) is 0 Å². The highest BCUT2D eigenvalue weighted by Gasteiger charge is 2.17. The molecule has 0 bridgehead atoms. The van der Waals surface area contributed by atoms with Gasteiger partial charge in [0.2, 0.25) is 23.6 Å². The fourth-order valence-corrected chi connectivity index (χ4v) is 16.5. The van der Waals surface area contributed by atoms with E-state index in [1.54, 1.807) is 23.5 Å². The molecule has 546 valence electrons. The molecule has 2 aromatic carbocycles. The van der Waals surface area contributed by atoms with Crippen molar-refractivity contribution in [2.24, 2.45) is 0 Å². The summed E-state index contributed by atoms with van der Waals surface area (Å²) >= 11 is 15.0. The van der Waals surface area contributed by atoms with E-state index in [9.17, 15) is 19.2 Å². The average Bonchev–Trinajstić information content (AvgIpc) is 2.78. The predicted molar refractivity (Wildman–Crippen MR) is 428 cm³/mol. The fourth-order valence-electron chi connectivity index (χ4n) is 9.73. The van der Waals surface area contributed by atoms with Crippen LogP contribution in [0.1, 0.15) is 180 Å². The molecule has 2 rings (SSSR count). The summed E-state index contributed by atoms with van der Waals surface area (Å²) in [6, 6.07) is 18.0. The first-order valence-electron chi connectivity index (χ1n) is 37.0. The zero-order valence-electron chi connectivity index (χ0n) is 60.7. The van der Waals surface area contributed by atoms with Crippen molar-refractivity contribution >= 4 is 118 Å². The quantitative estimate of drug-likeness (QED) is 0.0461. The second-order valence-corrected chi connectivity index (χ2v) is 33.1. The largest absolute Gasteiger partial charge is 0.378 e. The van der Waals surface area contributed by atoms with Gasteiger partial charge in [-0.3, -0.25) is 19.2 Å². The molecule has 0 radical (unpaired) electrons. The minimum atomic E-state index is 0.265. The lowest BCUT2D eigenvalue weighted by atomic mass is 10.1. The van der Waals surface area contributed by atoms with Crippen LogP contribution in [0.3, 0.4) is 0 Å². The van der Waals surface area contributed by atoms with Crippen LogP contribution in [0.2, 0.25) is 0 Å². The summed E-state index contributed by atoms with van der Waals surface area (Å²) in [7, 11) is 0. The van der Waals surface area contributed by atoms with Crippen molar-refractivity contribution in [3.8, 4) is 0 Å². The Labute approximate surface area is 615 Å². The number of carbonyl (C=O) groups is 4. The maximum atomic E-state index is 13.4. The van der Waals surface area contributed by atoms with Crippen LogP contribution in [0.15, 0.2) is 61.2 Å². The minimum Gasteiger partial charge on any atom is -0.378 e. The number of aryl methyl sites for hydroxylation is 1. The first-order chi connectivity index (χ1) is 47.2. The van der Waals surface area contributed by atoms with Crippen LogP contribution >= 0.6 is 94.1 Å². The Hall–Kier alpha value is -1.30. The second kappa shape index (κ2) is 67.2. The van der Waals surface area contributed by atoms with E-state index in [1.165, 1.54) is 22.3 Å². The highest BCUT2D eigenvalue weighted by atomic mass is 32.2. The van der Waals surface area contributed by atoms with E-state index in [-0.39, 0.29) is 23.6 Å². The van der Waals surface area contributed by atoms with Crippen LogP contribution in [-0.2, 0) is 61.8 Å². The zero-order chi connectivity index (χ0) is 69.3. The molecule has 4 amide bonds. The van der Waals surface area contributed by atoms with E-state index in [2.05, 4.69) is 97.5 Å². The molecule has 0 heterocycles. The van der Waals surface area contributed by atoms with E-state index in [1.807, 2.05) is 81.5 Å². The summed E-state index contributed by atoms with van der Waals surface area (Å²) in [6.07, 6.45) is 20.9. The van der Waals surface area contributed by atoms with Gasteiger partial charge in [-0.1, -0.05) is 121 Å². The van der Waals surface area contributed by atoms with Crippen molar-refractivity contribution < 1.29 is 39.5 Å². The Balaban J connectivity index is 1.52. The summed E-state index contributed by atoms with van der Waals surface area (Å²) in [5.74, 6) is 16.3. The molecule has 0 aromatic heterocycles. The summed E-state index contributed by atoms with van der Waals surface area (Å²) in [5, 5.41) is 0. The molecule has 0 aliphatic heterocycles. The summed E-state index contributed by atoms with van der Waals surface area (Å²) in [5.41, 5.74) is 5.30. The van der Waals surface area contributed by atoms with Gasteiger partial charge in [0.05, 0.1) is 52.9 Å². The second-order valence-electron chi connectivity index (χ2n) is 23.7. The van der Waals surface area contributed by atoms with Gasteiger partial charge in [0, 0.05) is 143 Å². The Kier molecular flexibility index (Phi) is 62.2. The van der Waals surface area contributed by atoms with Gasteiger partial charge in [0.15, 0.2) is 0 Å². The zero-order valence-corrected chi connectivity index (χ0v) is 66.2. The van der Waals surface area contributed by atoms with E-state index in [0.717, 1.165) is 254 Å². The van der Waals surface area contributed by atoms with Crippen molar-refractivity contribution in [2.75, 3.05) is 180 Å². The van der Waals surface area contributed by atoms with Crippen LogP contribution < -0.4 is 0 Å². The van der Waals surface area contributed by atoms with Crippen molar-refractivity contribution in [2.45, 2.75) is 180 Å². The highest BCUT2D eigenvalue weighted by Crippen LogP contribution is 2.21. The van der Waals surface area contributed by atoms with Crippen LogP contribution in [0.5, 0.6) is 0 Å². The number of unbranched alkanes of at least 4 members (excludes halogenated alkanes) is 6. The predicted octanol–water partition coefficient (Wildman–Crippen LogP) is 17.4. The monoisotopic (exact) mass is 1470 g/mol. The van der Waals surface area contributed by atoms with E-state index in [0.29, 0.717) is 78.8 Å². The number of nitrogens with zero attached hydrogens (tertiary/aromatic N) is 4. The van der Waals surface area contributed by atoms with Gasteiger partial charge in [-0.05, 0) is 122 Å². The van der Waals surface area contributed by atoms with Gasteiger partial charge < -0.3 is 38.5 Å². The molecule has 12 nitrogen and oxygen atoms in total. The number of carbonyl (C=O) groups excluding carboxylic acids is 4. The Morgan fingerprint density at radius 1 is 0.347 bits per heavy atom. The molecule has 2 aromatic rings. The molecule has 0 unspecified atom stereocenters. The lowest BCUT2D eigenvalue weighted by Gasteiger charge is -2.22. The highest BCUT2D eigenvalue weighted by molar-refractivity contribution is 8.00. The Bertz CT molecular complexity index is 2150. The lowest BCUT2D eigenvalue weighted by molar-refractivity contribution is -0.131. The topological polar surface area (TPSA) is 118 Å². The molecule has 0 fully saturated rings. The Morgan fingerprint density at radius 3 is 0.979 bits per heavy atom. The van der Waals surface area contributed by atoms with Crippen molar-refractivity contribution in [1.82, 2.24) is 19.6 Å². The van der Waals surface area contributed by atoms with Gasteiger partial charge in [-0.2, -0.15) is 94.1 Å². The molecule has 0 saturated carbocycles. The number of ether oxygens (including phenoxy) is 4. The van der Waals surface area contributed by atoms with Crippen LogP contribution in [0, 0.1) is 0 Å². The molecule has 0 aliphatic carbocycles. The summed E-state index contributed by atoms with van der Waals surface area (Å²) in [4.78, 5) is 60.9. The molecule has 20 heteroatoms. The smallest absolute Gasteiger partial charge is 0.223 e. The number of benzene rings is 2. The summed E-state index contributed by atoms with van der Waals surface area (Å²) in [6.45, 7) is 25.0. The van der Waals surface area contributed by atoms with Gasteiger partial charge in [0.1, 0.15) is 0 Å². The maximum Gasteiger partial charge on any atom is 0.223 e. The molecule has 0 N–H and O–H groups in total. The van der Waals surface area contributed by atoms with E-state index in [4.69, 9.17) is 20.3 Å². The van der Waals surface area contributed by atoms with E-state index >= 15 is 0 Å². The molecular weight excluding hydrogens is 1340 g/mol. The first-order valence-corrected chi connectivity index (χ1v) is 45.5. The lowest BCUT2D eigenvalue weighted by Crippen LogP contribution is -2.33. The van der Waals surface area contributed by atoms with Crippen molar-refractivity contribution in [3.63, 3.8) is 0 Å². The van der Waals surface area contributed by atoms with Crippen LogP contribution in [-0.4, -0.2) is 223 Å². The molecule has 0 aliphatic rings. The minimum absolute atomic E-state index is 0.265. The SMILES string of the molecule is [2H]CCCCSCCOCCOCCSCCC(=O)N(CCCC)CCCSCc1ccc(CSCCC(=O)N(CCCC)CCCSCCc2ccc(CSCCC(=O)N(CCCC)CCCSCCOCCOCCSCCC(=O)N(CCCC)CCCC=C)cc2)cc1. The first kappa shape index (κ1) is 87.9. The third-order valence-electron chi connectivity index (χ3n) is 15.5. The van der Waals surface area contributed by atoms with Gasteiger partial charge in [-0.15, -0.1) is 6.58 Å². The molecular formula is C75H130N4O8S8. The number of rotatable bonds is 70. The van der Waals surface area contributed by atoms with Crippen molar-refractivity contribution in [3.05, 3.63) is 83.4 Å². The third kappa shape index (κ3) is 52.3. The Morgan fingerprint density at radius 2 is 0.632 bits per heavy atom. The van der Waals surface area contributed by atoms with Crippen molar-refractivity contribution in [1.29, 1.82) is 0 Å². The number of hydrogen-bond acceptors (Lipinski definition) is 16. The number of hydrogen-bond donors (Lipinski definition) is 0. The molecule has 0 atom stereocenters. The fraction of sp³-hybridized carbons (Fsp3) is 0.760. The molecule has 0 saturated heterocycles. The average molecular weight is 1470 g/mol. The third-order valence-corrected chi connectivity index (χ3v) is 23.7. The number of allylic oxidation sites excluding steroid dienone is 1. The number of thioether (sulfide) groups is 8.